The zero-order valence-electron chi connectivity index (χ0n) is 14.5. The summed E-state index contributed by atoms with van der Waals surface area (Å²) in [5.41, 5.74) is 9.39. The zero-order valence-corrected chi connectivity index (χ0v) is 14.5. The van der Waals surface area contributed by atoms with E-state index in [1.54, 1.807) is 6.20 Å². The molecule has 1 saturated heterocycles. The first-order valence-corrected chi connectivity index (χ1v) is 8.60. The van der Waals surface area contributed by atoms with Gasteiger partial charge in [-0.15, -0.1) is 0 Å². The van der Waals surface area contributed by atoms with E-state index in [2.05, 4.69) is 41.9 Å². The number of amides is 1. The molecule has 1 amide bonds. The van der Waals surface area contributed by atoms with Crippen LogP contribution in [-0.4, -0.2) is 33.4 Å². The Kier molecular flexibility index (Phi) is 5.00. The van der Waals surface area contributed by atoms with E-state index >= 15 is 0 Å². The Labute approximate surface area is 143 Å². The van der Waals surface area contributed by atoms with Gasteiger partial charge in [0.05, 0.1) is 0 Å². The molecule has 3 rings (SSSR count). The number of hydrogen-bond acceptors (Lipinski definition) is 3. The van der Waals surface area contributed by atoms with Crippen LogP contribution in [0.25, 0.3) is 0 Å². The molecule has 0 radical (unpaired) electrons. The van der Waals surface area contributed by atoms with Crippen molar-refractivity contribution < 1.29 is 4.79 Å². The fraction of sp³-hybridized carbons (Fsp3) is 0.474. The molecular weight excluding hydrogens is 300 g/mol. The first kappa shape index (κ1) is 16.7. The van der Waals surface area contributed by atoms with E-state index < -0.39 is 0 Å². The van der Waals surface area contributed by atoms with Crippen molar-refractivity contribution in [2.45, 2.75) is 45.7 Å². The number of aromatic nitrogens is 2. The Bertz CT molecular complexity index is 722. The number of aryl methyl sites for hydroxylation is 2. The quantitative estimate of drug-likeness (QED) is 0.917. The minimum atomic E-state index is -0.322. The van der Waals surface area contributed by atoms with Gasteiger partial charge in [0.2, 0.25) is 5.91 Å². The van der Waals surface area contributed by atoms with Crippen molar-refractivity contribution in [1.29, 1.82) is 0 Å². The molecule has 1 atom stereocenters. The maximum atomic E-state index is 11.2. The Morgan fingerprint density at radius 3 is 2.96 bits per heavy atom. The number of nitrogens with two attached hydrogens (primary N) is 1. The normalized spacial score (nSPS) is 18.7. The fourth-order valence-corrected chi connectivity index (χ4v) is 3.66. The number of rotatable bonds is 5. The third kappa shape index (κ3) is 3.85. The van der Waals surface area contributed by atoms with Crippen LogP contribution in [0.5, 0.6) is 0 Å². The fourth-order valence-electron chi connectivity index (χ4n) is 3.66. The summed E-state index contributed by atoms with van der Waals surface area (Å²) in [6, 6.07) is 6.67. The first-order chi connectivity index (χ1) is 11.5. The molecule has 2 heterocycles. The zero-order chi connectivity index (χ0) is 17.1. The highest BCUT2D eigenvalue weighted by molar-refractivity contribution is 5.73. The molecule has 0 saturated carbocycles. The molecule has 24 heavy (non-hydrogen) atoms. The number of carbonyl (C=O) groups excluding carboxylic acids is 1. The van der Waals surface area contributed by atoms with Crippen LogP contribution in [0.15, 0.2) is 30.6 Å². The number of benzene rings is 1. The van der Waals surface area contributed by atoms with Gasteiger partial charge < -0.3 is 10.3 Å². The van der Waals surface area contributed by atoms with Crippen molar-refractivity contribution in [3.63, 3.8) is 0 Å². The molecule has 1 aliphatic rings. The van der Waals surface area contributed by atoms with Crippen LogP contribution in [0.2, 0.25) is 0 Å². The number of primary amides is 1. The van der Waals surface area contributed by atoms with Crippen LogP contribution in [-0.2, 0) is 17.9 Å². The smallest absolute Gasteiger partial charge is 0.237 e. The highest BCUT2D eigenvalue weighted by Crippen LogP contribution is 2.27. The summed E-state index contributed by atoms with van der Waals surface area (Å²) < 4.78 is 1.90. The molecule has 2 N–H and O–H groups in total. The van der Waals surface area contributed by atoms with Gasteiger partial charge in [0.15, 0.2) is 0 Å². The van der Waals surface area contributed by atoms with Crippen LogP contribution < -0.4 is 5.73 Å². The van der Waals surface area contributed by atoms with Crippen LogP contribution in [0, 0.1) is 13.8 Å². The molecule has 2 aromatic rings. The maximum Gasteiger partial charge on any atom is 0.237 e. The number of imidazole rings is 1. The first-order valence-electron chi connectivity index (χ1n) is 8.60. The molecular formula is C19H26N4O. The number of nitrogens with zero attached hydrogens (tertiary/aromatic N) is 3. The minimum absolute atomic E-state index is 0.211. The third-order valence-corrected chi connectivity index (χ3v) is 4.84. The summed E-state index contributed by atoms with van der Waals surface area (Å²) in [4.78, 5) is 18.2. The van der Waals surface area contributed by atoms with Crippen molar-refractivity contribution in [3.8, 4) is 0 Å². The highest BCUT2D eigenvalue weighted by Gasteiger charge is 2.25. The molecule has 0 spiro atoms. The van der Waals surface area contributed by atoms with Gasteiger partial charge in [-0.05, 0) is 44.4 Å². The predicted octanol–water partition coefficient (Wildman–Crippen LogP) is 2.36. The largest absolute Gasteiger partial charge is 0.368 e. The lowest BCUT2D eigenvalue weighted by molar-refractivity contribution is -0.118. The monoisotopic (exact) mass is 326 g/mol. The van der Waals surface area contributed by atoms with E-state index in [1.165, 1.54) is 16.7 Å². The van der Waals surface area contributed by atoms with Gasteiger partial charge in [0, 0.05) is 31.4 Å². The maximum absolute atomic E-state index is 11.2. The van der Waals surface area contributed by atoms with Gasteiger partial charge in [-0.3, -0.25) is 9.69 Å². The second-order valence-electron chi connectivity index (χ2n) is 6.88. The van der Waals surface area contributed by atoms with E-state index in [0.29, 0.717) is 5.92 Å². The van der Waals surface area contributed by atoms with Gasteiger partial charge in [0.1, 0.15) is 12.4 Å². The summed E-state index contributed by atoms with van der Waals surface area (Å²) in [7, 11) is 0. The average Bonchev–Trinajstić information content (AvgIpc) is 2.98. The van der Waals surface area contributed by atoms with Gasteiger partial charge in [-0.25, -0.2) is 4.98 Å². The van der Waals surface area contributed by atoms with Crippen molar-refractivity contribution in [3.05, 3.63) is 53.1 Å². The van der Waals surface area contributed by atoms with Crippen LogP contribution >= 0.6 is 0 Å². The molecule has 0 bridgehead atoms. The second kappa shape index (κ2) is 7.18. The second-order valence-corrected chi connectivity index (χ2v) is 6.88. The predicted molar refractivity (Wildman–Crippen MR) is 94.6 cm³/mol. The molecule has 1 aromatic heterocycles. The Balaban J connectivity index is 1.70. The van der Waals surface area contributed by atoms with Crippen LogP contribution in [0.3, 0.4) is 0 Å². The van der Waals surface area contributed by atoms with Crippen LogP contribution in [0.4, 0.5) is 0 Å². The highest BCUT2D eigenvalue weighted by atomic mass is 16.1. The molecule has 5 heteroatoms. The van der Waals surface area contributed by atoms with Crippen molar-refractivity contribution >= 4 is 5.91 Å². The lowest BCUT2D eigenvalue weighted by Gasteiger charge is -2.33. The Morgan fingerprint density at radius 1 is 1.38 bits per heavy atom. The molecule has 128 valence electrons. The molecule has 1 fully saturated rings. The summed E-state index contributed by atoms with van der Waals surface area (Å²) in [6.45, 7) is 7.58. The van der Waals surface area contributed by atoms with E-state index in [1.807, 2.05) is 10.8 Å². The molecule has 0 aliphatic carbocycles. The van der Waals surface area contributed by atoms with Crippen molar-refractivity contribution in [1.82, 2.24) is 14.5 Å². The van der Waals surface area contributed by atoms with Crippen molar-refractivity contribution in [2.75, 3.05) is 13.1 Å². The SMILES string of the molecule is Cc1ccc(CN2CCC[C@@H](c3nccn3CC(N)=O)C2)c(C)c1. The van der Waals surface area contributed by atoms with E-state index in [9.17, 15) is 4.79 Å². The summed E-state index contributed by atoms with van der Waals surface area (Å²) >= 11 is 0. The Morgan fingerprint density at radius 2 is 2.21 bits per heavy atom. The van der Waals surface area contributed by atoms with E-state index in [0.717, 1.165) is 38.3 Å². The number of likely N-dealkylation sites (tertiary alicyclic amines) is 1. The lowest BCUT2D eigenvalue weighted by Crippen LogP contribution is -2.35. The number of piperidine rings is 1. The van der Waals surface area contributed by atoms with Crippen molar-refractivity contribution in [2.24, 2.45) is 5.73 Å². The molecule has 0 unspecified atom stereocenters. The van der Waals surface area contributed by atoms with Crippen LogP contribution in [0.1, 0.15) is 41.3 Å². The third-order valence-electron chi connectivity index (χ3n) is 4.84. The average molecular weight is 326 g/mol. The van der Waals surface area contributed by atoms with Gasteiger partial charge in [-0.1, -0.05) is 23.8 Å². The number of hydrogen-bond donors (Lipinski definition) is 1. The molecule has 1 aliphatic heterocycles. The van der Waals surface area contributed by atoms with Gasteiger partial charge in [0.25, 0.3) is 0 Å². The minimum Gasteiger partial charge on any atom is -0.368 e. The molecule has 5 nitrogen and oxygen atoms in total. The summed E-state index contributed by atoms with van der Waals surface area (Å²) in [5, 5.41) is 0. The standard InChI is InChI=1S/C19H26N4O/c1-14-5-6-16(15(2)10-14)11-22-8-3-4-17(12-22)19-21-7-9-23(19)13-18(20)24/h5-7,9-10,17H,3-4,8,11-13H2,1-2H3,(H2,20,24)/t17-/m1/s1. The van der Waals surface area contributed by atoms with E-state index in [4.69, 9.17) is 5.73 Å². The Hall–Kier alpha value is -2.14. The lowest BCUT2D eigenvalue weighted by atomic mass is 9.96. The summed E-state index contributed by atoms with van der Waals surface area (Å²) in [6.07, 6.45) is 5.88. The summed E-state index contributed by atoms with van der Waals surface area (Å²) in [5.74, 6) is 1.02. The van der Waals surface area contributed by atoms with Gasteiger partial charge in [-0.2, -0.15) is 0 Å². The van der Waals surface area contributed by atoms with E-state index in [-0.39, 0.29) is 12.5 Å². The molecule has 1 aromatic carbocycles. The topological polar surface area (TPSA) is 64.2 Å². The number of carbonyl (C=O) groups is 1. The van der Waals surface area contributed by atoms with Gasteiger partial charge >= 0.3 is 0 Å².